The van der Waals surface area contributed by atoms with E-state index in [1.807, 2.05) is 29.2 Å². The van der Waals surface area contributed by atoms with Gasteiger partial charge in [-0.15, -0.1) is 0 Å². The first-order valence-corrected chi connectivity index (χ1v) is 17.5. The van der Waals surface area contributed by atoms with Gasteiger partial charge in [0, 0.05) is 87.7 Å². The van der Waals surface area contributed by atoms with Gasteiger partial charge >= 0.3 is 11.8 Å². The Hall–Kier alpha value is -5.57. The molecule has 15 heteroatoms. The number of pyridine rings is 1. The molecule has 3 aliphatic rings. The lowest BCUT2D eigenvalue weighted by molar-refractivity contribution is -0.153. The lowest BCUT2D eigenvalue weighted by Crippen LogP contribution is -2.53. The molecule has 3 N–H and O–H groups in total. The van der Waals surface area contributed by atoms with Crippen molar-refractivity contribution in [1.82, 2.24) is 34.8 Å². The van der Waals surface area contributed by atoms with E-state index in [1.165, 1.54) is 17.7 Å². The van der Waals surface area contributed by atoms with Gasteiger partial charge in [0.1, 0.15) is 23.1 Å². The standard InChI is InChI=1S/C37H41FN8O6/c1-43-20-27(26-19-39-42-33(26)35(43)49)24-17-29(38)28(31(18-24)52-2)21-44-13-15-46(16-14-44)37(51)36(50)45-11-9-23(10-12-45)22-3-5-25(6-4-22)40-30-7-8-32(47)41-34(30)48/h3-6,17-20,23,30,40H,7-16,21H2,1-2H3,(H,39,42)(H,41,47,48). The van der Waals surface area contributed by atoms with E-state index in [-0.39, 0.29) is 29.8 Å². The average molecular weight is 713 g/mol. The van der Waals surface area contributed by atoms with Crippen LogP contribution in [0, 0.1) is 5.82 Å². The maximum absolute atomic E-state index is 15.7. The van der Waals surface area contributed by atoms with Crippen molar-refractivity contribution in [3.05, 3.63) is 76.1 Å². The lowest BCUT2D eigenvalue weighted by atomic mass is 9.89. The summed E-state index contributed by atoms with van der Waals surface area (Å²) in [6.07, 6.45) is 5.42. The highest BCUT2D eigenvalue weighted by atomic mass is 19.1. The van der Waals surface area contributed by atoms with E-state index in [4.69, 9.17) is 4.74 Å². The molecule has 7 rings (SSSR count). The molecule has 1 unspecified atom stereocenters. The van der Waals surface area contributed by atoms with Gasteiger partial charge in [0.25, 0.3) is 5.56 Å². The molecule has 0 spiro atoms. The number of H-pyrrole nitrogens is 1. The zero-order valence-corrected chi connectivity index (χ0v) is 29.1. The molecule has 3 fully saturated rings. The number of nitrogens with zero attached hydrogens (tertiary/aromatic N) is 5. The first kappa shape index (κ1) is 34.9. The number of rotatable bonds is 7. The largest absolute Gasteiger partial charge is 0.496 e. The average Bonchev–Trinajstić information content (AvgIpc) is 3.66. The number of nitrogens with one attached hydrogen (secondary N) is 3. The van der Waals surface area contributed by atoms with Crippen molar-refractivity contribution in [2.75, 3.05) is 51.7 Å². The van der Waals surface area contributed by atoms with Crippen molar-refractivity contribution in [1.29, 1.82) is 0 Å². The van der Waals surface area contributed by atoms with Gasteiger partial charge in [-0.1, -0.05) is 12.1 Å². The van der Waals surface area contributed by atoms with Gasteiger partial charge in [-0.3, -0.25) is 39.3 Å². The number of aromatic amines is 1. The summed E-state index contributed by atoms with van der Waals surface area (Å²) < 4.78 is 22.7. The second-order valence-electron chi connectivity index (χ2n) is 13.7. The molecule has 5 heterocycles. The predicted octanol–water partition coefficient (Wildman–Crippen LogP) is 2.34. The van der Waals surface area contributed by atoms with Crippen LogP contribution in [0.25, 0.3) is 22.0 Å². The molecule has 14 nitrogen and oxygen atoms in total. The summed E-state index contributed by atoms with van der Waals surface area (Å²) in [5.41, 5.74) is 3.62. The summed E-state index contributed by atoms with van der Waals surface area (Å²) in [6.45, 7) is 2.85. The second-order valence-corrected chi connectivity index (χ2v) is 13.7. The van der Waals surface area contributed by atoms with E-state index in [0.29, 0.717) is 85.5 Å². The smallest absolute Gasteiger partial charge is 0.312 e. The number of carbonyl (C=O) groups excluding carboxylic acids is 4. The SMILES string of the molecule is COc1cc(-c2cn(C)c(=O)c3[nH]ncc23)cc(F)c1CN1CCN(C(=O)C(=O)N2CCC(c3ccc(NC4CCC(=O)NC4=O)cc3)CC2)CC1. The van der Waals surface area contributed by atoms with E-state index < -0.39 is 23.7 Å². The Morgan fingerprint density at radius 3 is 2.33 bits per heavy atom. The molecule has 4 amide bonds. The molecule has 0 aliphatic carbocycles. The lowest BCUT2D eigenvalue weighted by Gasteiger charge is -2.37. The van der Waals surface area contributed by atoms with Crippen molar-refractivity contribution in [3.8, 4) is 16.9 Å². The fourth-order valence-electron chi connectivity index (χ4n) is 7.39. The van der Waals surface area contributed by atoms with Crippen LogP contribution >= 0.6 is 0 Å². The van der Waals surface area contributed by atoms with E-state index in [2.05, 4.69) is 20.8 Å². The number of aryl methyl sites for hydroxylation is 1. The zero-order valence-electron chi connectivity index (χ0n) is 29.1. The number of hydrogen-bond donors (Lipinski definition) is 3. The first-order chi connectivity index (χ1) is 25.1. The molecule has 2 aromatic carbocycles. The summed E-state index contributed by atoms with van der Waals surface area (Å²) in [5, 5.41) is 12.9. The highest BCUT2D eigenvalue weighted by molar-refractivity contribution is 6.35. The van der Waals surface area contributed by atoms with Crippen LogP contribution in [0.3, 0.4) is 0 Å². The molecular weight excluding hydrogens is 671 g/mol. The summed E-state index contributed by atoms with van der Waals surface area (Å²) in [4.78, 5) is 67.7. The third-order valence-corrected chi connectivity index (χ3v) is 10.4. The molecule has 1 atom stereocenters. The molecule has 0 saturated carbocycles. The van der Waals surface area contributed by atoms with Gasteiger partial charge in [-0.25, -0.2) is 4.39 Å². The Labute approximate surface area is 298 Å². The Balaban J connectivity index is 0.907. The number of methoxy groups -OCH3 is 1. The summed E-state index contributed by atoms with van der Waals surface area (Å²) in [6, 6.07) is 10.6. The van der Waals surface area contributed by atoms with Crippen LogP contribution in [0.5, 0.6) is 5.75 Å². The highest BCUT2D eigenvalue weighted by Gasteiger charge is 2.33. The number of ether oxygens (including phenoxy) is 1. The van der Waals surface area contributed by atoms with Crippen LogP contribution in [0.4, 0.5) is 10.1 Å². The fourth-order valence-corrected chi connectivity index (χ4v) is 7.39. The van der Waals surface area contributed by atoms with Crippen molar-refractivity contribution in [2.45, 2.75) is 44.2 Å². The summed E-state index contributed by atoms with van der Waals surface area (Å²) in [7, 11) is 3.12. The highest BCUT2D eigenvalue weighted by Crippen LogP contribution is 2.34. The number of fused-ring (bicyclic) bond motifs is 1. The number of aromatic nitrogens is 3. The van der Waals surface area contributed by atoms with Crippen LogP contribution in [0.1, 0.15) is 42.7 Å². The molecule has 4 aromatic rings. The second kappa shape index (κ2) is 14.6. The maximum atomic E-state index is 15.7. The van der Waals surface area contributed by atoms with Crippen LogP contribution in [0.15, 0.2) is 53.6 Å². The summed E-state index contributed by atoms with van der Waals surface area (Å²) >= 11 is 0. The number of anilines is 1. The van der Waals surface area contributed by atoms with Gasteiger partial charge < -0.3 is 24.4 Å². The molecule has 272 valence electrons. The van der Waals surface area contributed by atoms with Crippen molar-refractivity contribution in [2.24, 2.45) is 7.05 Å². The van der Waals surface area contributed by atoms with Crippen LogP contribution in [-0.4, -0.2) is 106 Å². The Morgan fingerprint density at radius 2 is 1.65 bits per heavy atom. The van der Waals surface area contributed by atoms with E-state index in [0.717, 1.165) is 24.1 Å². The minimum Gasteiger partial charge on any atom is -0.496 e. The van der Waals surface area contributed by atoms with Crippen molar-refractivity contribution < 1.29 is 28.3 Å². The number of carbonyl (C=O) groups is 4. The monoisotopic (exact) mass is 712 g/mol. The minimum atomic E-state index is -0.516. The number of piperidine rings is 2. The molecule has 3 saturated heterocycles. The zero-order chi connectivity index (χ0) is 36.5. The van der Waals surface area contributed by atoms with Crippen molar-refractivity contribution in [3.63, 3.8) is 0 Å². The van der Waals surface area contributed by atoms with E-state index in [9.17, 15) is 24.0 Å². The Bertz CT molecular complexity index is 2080. The quantitative estimate of drug-likeness (QED) is 0.193. The van der Waals surface area contributed by atoms with Crippen LogP contribution in [0.2, 0.25) is 0 Å². The van der Waals surface area contributed by atoms with E-state index >= 15 is 4.39 Å². The Kier molecular flexibility index (Phi) is 9.77. The minimum absolute atomic E-state index is 0.230. The predicted molar refractivity (Wildman–Crippen MR) is 190 cm³/mol. The van der Waals surface area contributed by atoms with Gasteiger partial charge in [-0.05, 0) is 60.6 Å². The molecular formula is C37H41FN8O6. The van der Waals surface area contributed by atoms with Gasteiger partial charge in [0.2, 0.25) is 11.8 Å². The molecule has 0 radical (unpaired) electrons. The van der Waals surface area contributed by atoms with E-state index in [1.54, 1.807) is 35.3 Å². The molecule has 2 aromatic heterocycles. The number of benzene rings is 2. The number of halogens is 1. The summed E-state index contributed by atoms with van der Waals surface area (Å²) in [5.74, 6) is -1.41. The van der Waals surface area contributed by atoms with Gasteiger partial charge in [0.15, 0.2) is 0 Å². The Morgan fingerprint density at radius 1 is 0.962 bits per heavy atom. The normalized spacial score (nSPS) is 18.8. The number of piperazine rings is 1. The first-order valence-electron chi connectivity index (χ1n) is 17.5. The van der Waals surface area contributed by atoms with Gasteiger partial charge in [0.05, 0.1) is 13.3 Å². The number of imide groups is 1. The maximum Gasteiger partial charge on any atom is 0.312 e. The third kappa shape index (κ3) is 7.00. The van der Waals surface area contributed by atoms with Crippen LogP contribution < -0.4 is 20.9 Å². The van der Waals surface area contributed by atoms with Gasteiger partial charge in [-0.2, -0.15) is 5.10 Å². The molecule has 0 bridgehead atoms. The number of likely N-dealkylation sites (tertiary alicyclic amines) is 1. The van der Waals surface area contributed by atoms with Crippen LogP contribution in [-0.2, 0) is 32.8 Å². The molecule has 3 aliphatic heterocycles. The topological polar surface area (TPSA) is 162 Å². The molecule has 52 heavy (non-hydrogen) atoms. The third-order valence-electron chi connectivity index (χ3n) is 10.4. The number of hydrogen-bond acceptors (Lipinski definition) is 9. The van der Waals surface area contributed by atoms with Crippen molar-refractivity contribution >= 4 is 40.2 Å². The fraction of sp³-hybridized carbons (Fsp3) is 0.405. The number of amides is 4.